The number of hydrogen-bond donors (Lipinski definition) is 4. The van der Waals surface area contributed by atoms with Gasteiger partial charge in [-0.15, -0.1) is 0 Å². The highest BCUT2D eigenvalue weighted by atomic mass is 16.7. The molecular weight excluding hydrogens is 524 g/mol. The molecule has 5 N–H and O–H groups in total. The fourth-order valence-electron chi connectivity index (χ4n) is 4.57. The molecule has 2 heterocycles. The summed E-state index contributed by atoms with van der Waals surface area (Å²) < 4.78 is 27.7. The highest BCUT2D eigenvalue weighted by molar-refractivity contribution is 6.04. The van der Waals surface area contributed by atoms with Crippen molar-refractivity contribution in [3.63, 3.8) is 0 Å². The minimum absolute atomic E-state index is 0.0120. The number of aromatic hydroxyl groups is 1. The summed E-state index contributed by atoms with van der Waals surface area (Å²) in [6.45, 7) is 4.89. The van der Waals surface area contributed by atoms with E-state index in [2.05, 4.69) is 5.32 Å². The molecule has 0 aliphatic carbocycles. The molecule has 1 aliphatic heterocycles. The second-order valence-electron chi connectivity index (χ2n) is 9.67. The molecule has 0 bridgehead atoms. The molecule has 1 saturated heterocycles. The summed E-state index contributed by atoms with van der Waals surface area (Å²) in [6.07, 6.45) is -3.24. The van der Waals surface area contributed by atoms with E-state index in [0.717, 1.165) is 5.56 Å². The lowest BCUT2D eigenvalue weighted by Gasteiger charge is -2.47. The van der Waals surface area contributed by atoms with Gasteiger partial charge in [-0.25, -0.2) is 9.59 Å². The van der Waals surface area contributed by atoms with Crippen molar-refractivity contribution in [2.24, 2.45) is 5.73 Å². The highest BCUT2D eigenvalue weighted by Crippen LogP contribution is 2.38. The molecule has 0 radical (unpaired) electrons. The largest absolute Gasteiger partial charge is 0.505 e. The maximum Gasteiger partial charge on any atom is 0.404 e. The molecule has 212 valence electrons. The SMILES string of the molecule is CO[C@@H]1[C@@H](OC(N)=O)[C@@H](O)[C@H](Oc2ccc3c(O)c(NC(=O)/C=C/c4ccccc4)c(=O)oc3c2C)OC1(C)C. The van der Waals surface area contributed by atoms with Crippen LogP contribution in [0.1, 0.15) is 25.0 Å². The number of carbonyl (C=O) groups excluding carboxylic acids is 2. The summed E-state index contributed by atoms with van der Waals surface area (Å²) in [4.78, 5) is 36.6. The number of rotatable bonds is 7. The first-order chi connectivity index (χ1) is 18.9. The van der Waals surface area contributed by atoms with Crippen LogP contribution in [0.4, 0.5) is 10.5 Å². The van der Waals surface area contributed by atoms with E-state index in [0.29, 0.717) is 5.56 Å². The standard InChI is InChI=1S/C28H30N2O10/c1-14-17(37-26-21(33)23(39-27(29)35)24(36-4)28(2,3)40-26)12-11-16-20(32)19(25(34)38-22(14)16)30-18(31)13-10-15-8-6-5-7-9-15/h5-13,21,23-24,26,32-33H,1-4H3,(H2,29,35)(H,30,31)/b13-10+/t21-,23+,24-,26-/m1/s1. The van der Waals surface area contributed by atoms with Crippen molar-refractivity contribution in [3.8, 4) is 11.5 Å². The zero-order valence-electron chi connectivity index (χ0n) is 22.2. The van der Waals surface area contributed by atoms with Gasteiger partial charge in [-0.1, -0.05) is 30.3 Å². The molecule has 1 aliphatic rings. The predicted octanol–water partition coefficient (Wildman–Crippen LogP) is 2.81. The number of ether oxygens (including phenoxy) is 4. The first-order valence-electron chi connectivity index (χ1n) is 12.3. The number of aryl methyl sites for hydroxylation is 1. The quantitative estimate of drug-likeness (QED) is 0.251. The van der Waals surface area contributed by atoms with Crippen LogP contribution in [0.25, 0.3) is 17.0 Å². The van der Waals surface area contributed by atoms with Gasteiger partial charge in [-0.05, 0) is 44.5 Å². The number of carbonyl (C=O) groups is 2. The van der Waals surface area contributed by atoms with Crippen molar-refractivity contribution < 1.29 is 43.2 Å². The highest BCUT2D eigenvalue weighted by Gasteiger charge is 2.53. The van der Waals surface area contributed by atoms with E-state index < -0.39 is 59.3 Å². The van der Waals surface area contributed by atoms with E-state index in [1.807, 2.05) is 18.2 Å². The lowest BCUT2D eigenvalue weighted by molar-refractivity contribution is -0.304. The Bertz CT molecular complexity index is 1500. The van der Waals surface area contributed by atoms with Crippen molar-refractivity contribution in [2.75, 3.05) is 12.4 Å². The molecule has 2 aromatic carbocycles. The average molecular weight is 555 g/mol. The fourth-order valence-corrected chi connectivity index (χ4v) is 4.57. The van der Waals surface area contributed by atoms with Gasteiger partial charge in [0.05, 0.1) is 11.0 Å². The second kappa shape index (κ2) is 11.4. The van der Waals surface area contributed by atoms with Gasteiger partial charge in [-0.3, -0.25) is 4.79 Å². The Hall–Kier alpha value is -4.39. The number of aliphatic hydroxyl groups excluding tert-OH is 1. The molecule has 0 saturated carbocycles. The van der Waals surface area contributed by atoms with E-state index in [9.17, 15) is 24.6 Å². The number of aliphatic hydroxyl groups is 1. The van der Waals surface area contributed by atoms with E-state index in [-0.39, 0.29) is 16.7 Å². The Labute approximate surface area is 228 Å². The van der Waals surface area contributed by atoms with Crippen LogP contribution >= 0.6 is 0 Å². The van der Waals surface area contributed by atoms with Gasteiger partial charge >= 0.3 is 11.7 Å². The Morgan fingerprint density at radius 3 is 2.50 bits per heavy atom. The Morgan fingerprint density at radius 1 is 1.15 bits per heavy atom. The van der Waals surface area contributed by atoms with E-state index in [1.54, 1.807) is 39.0 Å². The molecule has 0 spiro atoms. The lowest BCUT2D eigenvalue weighted by atomic mass is 9.89. The minimum Gasteiger partial charge on any atom is -0.505 e. The van der Waals surface area contributed by atoms with Crippen molar-refractivity contribution in [3.05, 3.63) is 70.1 Å². The third-order valence-electron chi connectivity index (χ3n) is 6.49. The van der Waals surface area contributed by atoms with Gasteiger partial charge in [0, 0.05) is 18.7 Å². The molecule has 12 heteroatoms. The van der Waals surface area contributed by atoms with Crippen LogP contribution in [0, 0.1) is 6.92 Å². The minimum atomic E-state index is -1.50. The van der Waals surface area contributed by atoms with Gasteiger partial charge in [0.1, 0.15) is 17.4 Å². The number of hydrogen-bond acceptors (Lipinski definition) is 10. The van der Waals surface area contributed by atoms with Crippen LogP contribution in [0.15, 0.2) is 57.8 Å². The summed E-state index contributed by atoms with van der Waals surface area (Å²) >= 11 is 0. The summed E-state index contributed by atoms with van der Waals surface area (Å²) in [5.74, 6) is -0.989. The Morgan fingerprint density at radius 2 is 1.85 bits per heavy atom. The number of amides is 2. The van der Waals surface area contributed by atoms with Gasteiger partial charge in [-0.2, -0.15) is 0 Å². The molecule has 40 heavy (non-hydrogen) atoms. The number of nitrogens with one attached hydrogen (secondary N) is 1. The third kappa shape index (κ3) is 5.78. The maximum absolute atomic E-state index is 12.7. The average Bonchev–Trinajstić information content (AvgIpc) is 2.90. The second-order valence-corrected chi connectivity index (χ2v) is 9.67. The van der Waals surface area contributed by atoms with Crippen LogP contribution in [-0.2, 0) is 19.0 Å². The van der Waals surface area contributed by atoms with Crippen LogP contribution in [0.3, 0.4) is 0 Å². The zero-order chi connectivity index (χ0) is 29.2. The predicted molar refractivity (Wildman–Crippen MR) is 144 cm³/mol. The van der Waals surface area contributed by atoms with E-state index >= 15 is 0 Å². The molecule has 2 amide bonds. The van der Waals surface area contributed by atoms with Crippen LogP contribution in [-0.4, -0.2) is 59.5 Å². The molecule has 4 atom stereocenters. The topological polar surface area (TPSA) is 180 Å². The normalized spacial score (nSPS) is 22.2. The molecule has 1 fully saturated rings. The van der Waals surface area contributed by atoms with E-state index in [1.165, 1.54) is 25.3 Å². The summed E-state index contributed by atoms with van der Waals surface area (Å²) in [6, 6.07) is 11.9. The molecule has 0 unspecified atom stereocenters. The molecule has 4 rings (SSSR count). The van der Waals surface area contributed by atoms with Gasteiger partial charge in [0.2, 0.25) is 12.2 Å². The number of anilines is 1. The Balaban J connectivity index is 1.61. The summed E-state index contributed by atoms with van der Waals surface area (Å²) in [5, 5.41) is 24.2. The molecule has 1 aromatic heterocycles. The maximum atomic E-state index is 12.7. The number of methoxy groups -OCH3 is 1. The van der Waals surface area contributed by atoms with Gasteiger partial charge in [0.25, 0.3) is 0 Å². The van der Waals surface area contributed by atoms with Crippen LogP contribution < -0.4 is 21.4 Å². The van der Waals surface area contributed by atoms with E-state index in [4.69, 9.17) is 29.1 Å². The van der Waals surface area contributed by atoms with Crippen molar-refractivity contribution in [1.82, 2.24) is 0 Å². The third-order valence-corrected chi connectivity index (χ3v) is 6.49. The molecule has 3 aromatic rings. The number of primary amides is 1. The molecule has 12 nitrogen and oxygen atoms in total. The first kappa shape index (κ1) is 28.6. The summed E-state index contributed by atoms with van der Waals surface area (Å²) in [7, 11) is 1.37. The van der Waals surface area contributed by atoms with Crippen LogP contribution in [0.5, 0.6) is 11.5 Å². The number of benzene rings is 2. The Kier molecular flexibility index (Phi) is 8.14. The van der Waals surface area contributed by atoms with Gasteiger partial charge in [0.15, 0.2) is 23.6 Å². The van der Waals surface area contributed by atoms with Crippen molar-refractivity contribution in [2.45, 2.75) is 51.0 Å². The fraction of sp³-hybridized carbons (Fsp3) is 0.321. The monoisotopic (exact) mass is 554 g/mol. The summed E-state index contributed by atoms with van der Waals surface area (Å²) in [5.41, 5.74) is 3.76. The van der Waals surface area contributed by atoms with Gasteiger partial charge < -0.3 is 44.6 Å². The van der Waals surface area contributed by atoms with Crippen molar-refractivity contribution in [1.29, 1.82) is 0 Å². The smallest absolute Gasteiger partial charge is 0.404 e. The molecular formula is C28H30N2O10. The zero-order valence-corrected chi connectivity index (χ0v) is 22.2. The first-order valence-corrected chi connectivity index (χ1v) is 12.3. The number of nitrogens with two attached hydrogens (primary N) is 1. The van der Waals surface area contributed by atoms with Crippen molar-refractivity contribution >= 4 is 34.7 Å². The number of fused-ring (bicyclic) bond motifs is 1. The lowest BCUT2D eigenvalue weighted by Crippen LogP contribution is -2.65. The van der Waals surface area contributed by atoms with Crippen LogP contribution in [0.2, 0.25) is 0 Å².